The van der Waals surface area contributed by atoms with Crippen LogP contribution >= 0.6 is 0 Å². The Labute approximate surface area is 151 Å². The van der Waals surface area contributed by atoms with Crippen LogP contribution in [0.5, 0.6) is 0 Å². The molecule has 2 atom stereocenters. The normalized spacial score (nSPS) is 19.8. The van der Waals surface area contributed by atoms with Gasteiger partial charge in [0.1, 0.15) is 5.82 Å². The van der Waals surface area contributed by atoms with Gasteiger partial charge < -0.3 is 10.6 Å². The van der Waals surface area contributed by atoms with E-state index in [-0.39, 0.29) is 24.8 Å². The van der Waals surface area contributed by atoms with E-state index in [2.05, 4.69) is 5.10 Å². The maximum Gasteiger partial charge on any atom is 0.227 e. The van der Waals surface area contributed by atoms with E-state index in [1.165, 1.54) is 6.07 Å². The lowest BCUT2D eigenvalue weighted by Crippen LogP contribution is -2.33. The fourth-order valence-electron chi connectivity index (χ4n) is 3.60. The smallest absolute Gasteiger partial charge is 0.227 e. The Morgan fingerprint density at radius 2 is 2.04 bits per heavy atom. The van der Waals surface area contributed by atoms with Crippen LogP contribution in [0.2, 0.25) is 0 Å². The highest BCUT2D eigenvalue weighted by atomic mass is 19.1. The van der Waals surface area contributed by atoms with E-state index in [0.29, 0.717) is 12.1 Å². The molecule has 0 unspecified atom stereocenters. The summed E-state index contributed by atoms with van der Waals surface area (Å²) in [6.07, 6.45) is 1.70. The summed E-state index contributed by atoms with van der Waals surface area (Å²) in [4.78, 5) is 26.2. The minimum atomic E-state index is -0.468. The predicted octanol–water partition coefficient (Wildman–Crippen LogP) is 1.45. The van der Waals surface area contributed by atoms with Crippen molar-refractivity contribution in [2.24, 2.45) is 18.7 Å². The minimum Gasteiger partial charge on any atom is -0.369 e. The van der Waals surface area contributed by atoms with Gasteiger partial charge in [0, 0.05) is 31.7 Å². The first-order chi connectivity index (χ1) is 12.3. The number of nitrogens with two attached hydrogens (primary N) is 1. The molecule has 3 rings (SSSR count). The van der Waals surface area contributed by atoms with Crippen molar-refractivity contribution >= 4 is 11.8 Å². The number of likely N-dealkylation sites (tertiary alicyclic amines) is 1. The molecule has 1 saturated heterocycles. The van der Waals surface area contributed by atoms with Crippen molar-refractivity contribution in [2.45, 2.75) is 26.2 Å². The van der Waals surface area contributed by atoms with E-state index < -0.39 is 17.6 Å². The zero-order valence-corrected chi connectivity index (χ0v) is 15.2. The zero-order valence-electron chi connectivity index (χ0n) is 15.2. The molecule has 6 nitrogen and oxygen atoms in total. The lowest BCUT2D eigenvalue weighted by molar-refractivity contribution is -0.129. The fourth-order valence-corrected chi connectivity index (χ4v) is 3.60. The van der Waals surface area contributed by atoms with Gasteiger partial charge in [-0.2, -0.15) is 5.10 Å². The molecule has 26 heavy (non-hydrogen) atoms. The van der Waals surface area contributed by atoms with Crippen LogP contribution in [-0.4, -0.2) is 39.6 Å². The highest BCUT2D eigenvalue weighted by Crippen LogP contribution is 2.34. The van der Waals surface area contributed by atoms with Gasteiger partial charge in [-0.25, -0.2) is 4.39 Å². The molecule has 138 valence electrons. The monoisotopic (exact) mass is 358 g/mol. The van der Waals surface area contributed by atoms with Gasteiger partial charge in [0.2, 0.25) is 11.8 Å². The van der Waals surface area contributed by atoms with Crippen molar-refractivity contribution in [1.82, 2.24) is 14.7 Å². The van der Waals surface area contributed by atoms with Crippen molar-refractivity contribution in [1.29, 1.82) is 0 Å². The van der Waals surface area contributed by atoms with Crippen LogP contribution in [0, 0.1) is 25.6 Å². The number of primary amides is 1. The Hall–Kier alpha value is -2.70. The number of rotatable bonds is 4. The fraction of sp³-hybridized carbons (Fsp3) is 0.421. The summed E-state index contributed by atoms with van der Waals surface area (Å²) in [5.74, 6) is -1.69. The van der Waals surface area contributed by atoms with Crippen LogP contribution in [0.1, 0.15) is 28.3 Å². The molecule has 1 aliphatic heterocycles. The Bertz CT molecular complexity index is 861. The largest absolute Gasteiger partial charge is 0.369 e. The van der Waals surface area contributed by atoms with Gasteiger partial charge in [0.25, 0.3) is 0 Å². The van der Waals surface area contributed by atoms with Gasteiger partial charge in [-0.3, -0.25) is 14.3 Å². The number of aromatic nitrogens is 2. The van der Waals surface area contributed by atoms with E-state index in [4.69, 9.17) is 5.73 Å². The third kappa shape index (κ3) is 3.34. The molecule has 0 bridgehead atoms. The average Bonchev–Trinajstić information content (AvgIpc) is 3.16. The summed E-state index contributed by atoms with van der Waals surface area (Å²) in [6.45, 7) is 4.41. The molecule has 0 saturated carbocycles. The number of halogens is 1. The predicted molar refractivity (Wildman–Crippen MR) is 94.8 cm³/mol. The summed E-state index contributed by atoms with van der Waals surface area (Å²) in [7, 11) is 1.83. The summed E-state index contributed by atoms with van der Waals surface area (Å²) in [5.41, 5.74) is 8.71. The second-order valence-corrected chi connectivity index (χ2v) is 6.99. The molecule has 2 aromatic rings. The van der Waals surface area contributed by atoms with Crippen LogP contribution in [0.25, 0.3) is 0 Å². The average molecular weight is 358 g/mol. The van der Waals surface area contributed by atoms with Gasteiger partial charge >= 0.3 is 0 Å². The van der Waals surface area contributed by atoms with Crippen LogP contribution in [0.4, 0.5) is 4.39 Å². The molecule has 1 aromatic carbocycles. The highest BCUT2D eigenvalue weighted by molar-refractivity contribution is 5.83. The number of hydrogen-bond donors (Lipinski definition) is 1. The summed E-state index contributed by atoms with van der Waals surface area (Å²) < 4.78 is 15.7. The topological polar surface area (TPSA) is 81.2 Å². The van der Waals surface area contributed by atoms with Crippen molar-refractivity contribution in [3.8, 4) is 0 Å². The summed E-state index contributed by atoms with van der Waals surface area (Å²) in [6, 6.07) is 4.72. The van der Waals surface area contributed by atoms with Crippen molar-refractivity contribution in [2.75, 3.05) is 13.1 Å². The minimum absolute atomic E-state index is 0.0300. The first kappa shape index (κ1) is 18.1. The van der Waals surface area contributed by atoms with E-state index in [9.17, 15) is 14.0 Å². The number of aryl methyl sites for hydroxylation is 2. The molecule has 1 aliphatic rings. The maximum atomic E-state index is 14.0. The molecule has 0 spiro atoms. The number of benzene rings is 1. The van der Waals surface area contributed by atoms with Crippen LogP contribution < -0.4 is 5.73 Å². The van der Waals surface area contributed by atoms with Gasteiger partial charge in [0.05, 0.1) is 18.5 Å². The van der Waals surface area contributed by atoms with Crippen LogP contribution in [0.3, 0.4) is 0 Å². The third-order valence-corrected chi connectivity index (χ3v) is 5.25. The second-order valence-electron chi connectivity index (χ2n) is 6.99. The van der Waals surface area contributed by atoms with Gasteiger partial charge in [-0.15, -0.1) is 0 Å². The molecule has 1 fully saturated rings. The van der Waals surface area contributed by atoms with Gasteiger partial charge in [-0.05, 0) is 31.0 Å². The molecule has 1 aromatic heterocycles. The van der Waals surface area contributed by atoms with Crippen LogP contribution in [-0.2, 0) is 23.1 Å². The SMILES string of the molecule is Cc1ccc(F)c(CC(=O)N2C[C@H](C(N)=O)[C@@H](c3cnn(C)c3C)C2)c1. The Morgan fingerprint density at radius 1 is 1.31 bits per heavy atom. The molecule has 7 heteroatoms. The number of hydrogen-bond acceptors (Lipinski definition) is 3. The standard InChI is InChI=1S/C19H23FN4O2/c1-11-4-5-17(20)13(6-11)7-18(25)24-9-15(16(10-24)19(21)26)14-8-22-23(3)12(14)2/h4-6,8,15-16H,7,9-10H2,1-3H3,(H2,21,26)/t15-,16+/m1/s1. The first-order valence-electron chi connectivity index (χ1n) is 8.58. The van der Waals surface area contributed by atoms with Gasteiger partial charge in [-0.1, -0.05) is 17.7 Å². The molecule has 2 heterocycles. The van der Waals surface area contributed by atoms with Crippen molar-refractivity contribution in [3.05, 3.63) is 52.6 Å². The first-order valence-corrected chi connectivity index (χ1v) is 8.58. The zero-order chi connectivity index (χ0) is 19.0. The van der Waals surface area contributed by atoms with E-state index >= 15 is 0 Å². The summed E-state index contributed by atoms with van der Waals surface area (Å²) in [5, 5.41) is 4.22. The van der Waals surface area contributed by atoms with E-state index in [1.807, 2.05) is 20.9 Å². The Morgan fingerprint density at radius 3 is 2.65 bits per heavy atom. The van der Waals surface area contributed by atoms with E-state index in [0.717, 1.165) is 16.8 Å². The molecule has 0 aliphatic carbocycles. The van der Waals surface area contributed by atoms with Crippen molar-refractivity contribution in [3.63, 3.8) is 0 Å². The molecule has 2 N–H and O–H groups in total. The number of amides is 2. The summed E-state index contributed by atoms with van der Waals surface area (Å²) >= 11 is 0. The third-order valence-electron chi connectivity index (χ3n) is 5.25. The number of carbonyl (C=O) groups excluding carboxylic acids is 2. The van der Waals surface area contributed by atoms with E-state index in [1.54, 1.807) is 27.9 Å². The quantitative estimate of drug-likeness (QED) is 0.898. The lowest BCUT2D eigenvalue weighted by Gasteiger charge is -2.17. The molecular weight excluding hydrogens is 335 g/mol. The number of carbonyl (C=O) groups is 2. The van der Waals surface area contributed by atoms with Crippen LogP contribution in [0.15, 0.2) is 24.4 Å². The number of nitrogens with zero attached hydrogens (tertiary/aromatic N) is 3. The van der Waals surface area contributed by atoms with Crippen molar-refractivity contribution < 1.29 is 14.0 Å². The Balaban J connectivity index is 1.81. The van der Waals surface area contributed by atoms with Gasteiger partial charge in [0.15, 0.2) is 0 Å². The maximum absolute atomic E-state index is 14.0. The molecular formula is C19H23FN4O2. The second kappa shape index (κ2) is 6.90. The molecule has 2 amide bonds. The Kier molecular flexibility index (Phi) is 4.80. The highest BCUT2D eigenvalue weighted by Gasteiger charge is 2.40. The molecule has 0 radical (unpaired) electrons. The lowest BCUT2D eigenvalue weighted by atomic mass is 9.89.